The molecule has 0 rings (SSSR count). The van der Waals surface area contributed by atoms with Gasteiger partial charge in [-0.3, -0.25) is 14.4 Å². The molecule has 0 fully saturated rings. The molecule has 0 aliphatic heterocycles. The summed E-state index contributed by atoms with van der Waals surface area (Å²) in [5, 5.41) is 0. The Hall–Kier alpha value is -1.59. The number of carbonyl (C=O) groups excluding carboxylic acids is 3. The van der Waals surface area contributed by atoms with E-state index in [2.05, 4.69) is 41.5 Å². The number of rotatable bonds is 54. The van der Waals surface area contributed by atoms with Crippen molar-refractivity contribution >= 4 is 17.9 Å². The second-order valence-electron chi connectivity index (χ2n) is 21.9. The van der Waals surface area contributed by atoms with Gasteiger partial charge in [0.2, 0.25) is 0 Å². The number of hydrogen-bond acceptors (Lipinski definition) is 6. The van der Waals surface area contributed by atoms with Crippen LogP contribution in [0.3, 0.4) is 0 Å². The van der Waals surface area contributed by atoms with E-state index in [1.165, 1.54) is 218 Å². The Bertz CT molecular complexity index is 1040. The van der Waals surface area contributed by atoms with Crippen LogP contribution >= 0.6 is 0 Å². The Labute approximate surface area is 418 Å². The summed E-state index contributed by atoms with van der Waals surface area (Å²) >= 11 is 0. The fourth-order valence-corrected chi connectivity index (χ4v) is 9.29. The van der Waals surface area contributed by atoms with Crippen LogP contribution in [-0.4, -0.2) is 37.2 Å². The lowest BCUT2D eigenvalue weighted by Crippen LogP contribution is -2.30. The molecule has 0 aliphatic carbocycles. The van der Waals surface area contributed by atoms with Crippen molar-refractivity contribution in [2.75, 3.05) is 13.2 Å². The van der Waals surface area contributed by atoms with E-state index in [1.54, 1.807) is 0 Å². The fourth-order valence-electron chi connectivity index (χ4n) is 9.29. The largest absolute Gasteiger partial charge is 0.462 e. The van der Waals surface area contributed by atoms with E-state index in [0.29, 0.717) is 19.3 Å². The minimum absolute atomic E-state index is 0.0645. The van der Waals surface area contributed by atoms with Gasteiger partial charge in [0.15, 0.2) is 6.10 Å². The lowest BCUT2D eigenvalue weighted by molar-refractivity contribution is -0.167. The summed E-state index contributed by atoms with van der Waals surface area (Å²) in [5.74, 6) is 1.72. The van der Waals surface area contributed by atoms with Crippen molar-refractivity contribution in [1.29, 1.82) is 0 Å². The van der Waals surface area contributed by atoms with Crippen molar-refractivity contribution in [3.8, 4) is 0 Å². The molecule has 398 valence electrons. The highest BCUT2D eigenvalue weighted by atomic mass is 16.6. The average Bonchev–Trinajstić information content (AvgIpc) is 3.31. The van der Waals surface area contributed by atoms with Crippen LogP contribution in [0.1, 0.15) is 337 Å². The van der Waals surface area contributed by atoms with Crippen LogP contribution in [0, 0.1) is 17.8 Å². The Morgan fingerprint density at radius 1 is 0.299 bits per heavy atom. The van der Waals surface area contributed by atoms with E-state index in [0.717, 1.165) is 75.5 Å². The molecule has 3 atom stereocenters. The number of carbonyl (C=O) groups is 3. The van der Waals surface area contributed by atoms with E-state index >= 15 is 0 Å². The van der Waals surface area contributed by atoms with Crippen LogP contribution in [-0.2, 0) is 28.6 Å². The van der Waals surface area contributed by atoms with E-state index in [1.807, 2.05) is 0 Å². The van der Waals surface area contributed by atoms with Crippen LogP contribution in [0.15, 0.2) is 0 Å². The van der Waals surface area contributed by atoms with Crippen molar-refractivity contribution in [3.05, 3.63) is 0 Å². The first kappa shape index (κ1) is 65.4. The third kappa shape index (κ3) is 52.1. The van der Waals surface area contributed by atoms with Crippen LogP contribution in [0.5, 0.6) is 0 Å². The molecular formula is C61H118O6. The molecule has 6 nitrogen and oxygen atoms in total. The monoisotopic (exact) mass is 947 g/mol. The van der Waals surface area contributed by atoms with Gasteiger partial charge >= 0.3 is 17.9 Å². The quantitative estimate of drug-likeness (QED) is 0.0343. The summed E-state index contributed by atoms with van der Waals surface area (Å²) in [6.07, 6.45) is 55.4. The average molecular weight is 948 g/mol. The minimum atomic E-state index is -0.764. The molecule has 0 amide bonds. The second kappa shape index (κ2) is 52.2. The maximum Gasteiger partial charge on any atom is 0.306 e. The number of unbranched alkanes of at least 4 members (excludes halogenated alkanes) is 35. The highest BCUT2D eigenvalue weighted by Gasteiger charge is 2.19. The third-order valence-electron chi connectivity index (χ3n) is 14.6. The third-order valence-corrected chi connectivity index (χ3v) is 14.6. The van der Waals surface area contributed by atoms with Gasteiger partial charge in [-0.05, 0) is 37.0 Å². The normalized spacial score (nSPS) is 12.9. The predicted octanol–water partition coefficient (Wildman–Crippen LogP) is 19.9. The molecule has 0 aromatic heterocycles. The topological polar surface area (TPSA) is 78.9 Å². The van der Waals surface area contributed by atoms with Crippen LogP contribution in [0.4, 0.5) is 0 Å². The van der Waals surface area contributed by atoms with Gasteiger partial charge < -0.3 is 14.2 Å². The van der Waals surface area contributed by atoms with Crippen molar-refractivity contribution in [2.24, 2.45) is 17.8 Å². The van der Waals surface area contributed by atoms with Gasteiger partial charge in [-0.2, -0.15) is 0 Å². The smallest absolute Gasteiger partial charge is 0.306 e. The zero-order valence-corrected chi connectivity index (χ0v) is 46.2. The molecule has 0 spiro atoms. The van der Waals surface area contributed by atoms with E-state index in [9.17, 15) is 14.4 Å². The highest BCUT2D eigenvalue weighted by Crippen LogP contribution is 2.19. The predicted molar refractivity (Wildman–Crippen MR) is 289 cm³/mol. The molecular weight excluding hydrogens is 829 g/mol. The van der Waals surface area contributed by atoms with Crippen molar-refractivity contribution in [2.45, 2.75) is 343 Å². The Morgan fingerprint density at radius 2 is 0.522 bits per heavy atom. The molecule has 0 N–H and O–H groups in total. The summed E-state index contributed by atoms with van der Waals surface area (Å²) in [5.41, 5.74) is 0. The van der Waals surface area contributed by atoms with Gasteiger partial charge in [-0.25, -0.2) is 0 Å². The summed E-state index contributed by atoms with van der Waals surface area (Å²) in [6.45, 7) is 13.8. The van der Waals surface area contributed by atoms with Crippen molar-refractivity contribution in [3.63, 3.8) is 0 Å². The molecule has 6 heteroatoms. The minimum Gasteiger partial charge on any atom is -0.462 e. The first-order valence-corrected chi connectivity index (χ1v) is 30.2. The zero-order chi connectivity index (χ0) is 49.1. The molecule has 0 saturated carbocycles. The second-order valence-corrected chi connectivity index (χ2v) is 21.9. The molecule has 0 bridgehead atoms. The lowest BCUT2D eigenvalue weighted by atomic mass is 9.99. The molecule has 0 aromatic rings. The van der Waals surface area contributed by atoms with Gasteiger partial charge in [0.25, 0.3) is 0 Å². The van der Waals surface area contributed by atoms with Gasteiger partial charge in [0.1, 0.15) is 13.2 Å². The fraction of sp³-hybridized carbons (Fsp3) is 0.951. The van der Waals surface area contributed by atoms with Crippen LogP contribution < -0.4 is 0 Å². The van der Waals surface area contributed by atoms with Crippen LogP contribution in [0.2, 0.25) is 0 Å². The summed E-state index contributed by atoms with van der Waals surface area (Å²) < 4.78 is 16.9. The van der Waals surface area contributed by atoms with E-state index in [4.69, 9.17) is 14.2 Å². The maximum absolute atomic E-state index is 12.8. The van der Waals surface area contributed by atoms with E-state index in [-0.39, 0.29) is 31.1 Å². The number of hydrogen-bond donors (Lipinski definition) is 0. The molecule has 0 aliphatic rings. The van der Waals surface area contributed by atoms with Gasteiger partial charge in [-0.15, -0.1) is 0 Å². The molecule has 0 aromatic carbocycles. The number of esters is 3. The first-order chi connectivity index (χ1) is 32.7. The lowest BCUT2D eigenvalue weighted by Gasteiger charge is -2.18. The standard InChI is InChI=1S/C61H118O6/c1-7-56(5)48-42-36-29-25-21-17-13-11-9-10-12-14-19-23-27-31-38-44-50-59(62)65-53-58(67-61(64)52-46-40-34-33-35-41-47-55(3)4)54-66-60(63)51-45-39-32-28-24-20-16-15-18-22-26-30-37-43-49-57(6)8-2/h55-58H,7-54H2,1-6H3/t56?,57?,58-/m1/s1. The summed E-state index contributed by atoms with van der Waals surface area (Å²) in [6, 6.07) is 0. The summed E-state index contributed by atoms with van der Waals surface area (Å²) in [4.78, 5) is 38.1. The van der Waals surface area contributed by atoms with Crippen LogP contribution in [0.25, 0.3) is 0 Å². The molecule has 0 saturated heterocycles. The maximum atomic E-state index is 12.8. The molecule has 67 heavy (non-hydrogen) atoms. The molecule has 2 unspecified atom stereocenters. The van der Waals surface area contributed by atoms with Gasteiger partial charge in [-0.1, -0.05) is 298 Å². The Kier molecular flexibility index (Phi) is 51.0. The Morgan fingerprint density at radius 3 is 0.776 bits per heavy atom. The first-order valence-electron chi connectivity index (χ1n) is 30.2. The zero-order valence-electron chi connectivity index (χ0n) is 46.2. The SMILES string of the molecule is CCC(C)CCCCCCCCCCCCCCCCCCCCC(=O)OC[C@H](COC(=O)CCCCCCCCCCCCCCCCC(C)CC)OC(=O)CCCCCCCCC(C)C. The van der Waals surface area contributed by atoms with Crippen molar-refractivity contribution in [1.82, 2.24) is 0 Å². The van der Waals surface area contributed by atoms with E-state index < -0.39 is 6.10 Å². The molecule has 0 radical (unpaired) electrons. The summed E-state index contributed by atoms with van der Waals surface area (Å²) in [7, 11) is 0. The van der Waals surface area contributed by atoms with Crippen molar-refractivity contribution < 1.29 is 28.6 Å². The number of ether oxygens (including phenoxy) is 3. The molecule has 0 heterocycles. The van der Waals surface area contributed by atoms with Gasteiger partial charge in [0.05, 0.1) is 0 Å². The Balaban J connectivity index is 4.15. The van der Waals surface area contributed by atoms with Gasteiger partial charge in [0, 0.05) is 19.3 Å². The highest BCUT2D eigenvalue weighted by molar-refractivity contribution is 5.71.